The first kappa shape index (κ1) is 16.3. The normalized spacial score (nSPS) is 11.7. The van der Waals surface area contributed by atoms with Crippen molar-refractivity contribution in [3.05, 3.63) is 53.3 Å². The summed E-state index contributed by atoms with van der Waals surface area (Å²) >= 11 is 5.71. The summed E-state index contributed by atoms with van der Waals surface area (Å²) in [6, 6.07) is 0. The maximum atomic E-state index is 13.0. The van der Waals surface area contributed by atoms with Crippen LogP contribution in [0.15, 0.2) is 31.0 Å². The molecule has 3 rings (SSSR count). The van der Waals surface area contributed by atoms with E-state index in [1.165, 1.54) is 29.4 Å². The second-order valence-electron chi connectivity index (χ2n) is 4.91. The van der Waals surface area contributed by atoms with Gasteiger partial charge in [-0.15, -0.1) is 0 Å². The Hall–Kier alpha value is -2.55. The van der Waals surface area contributed by atoms with Crippen molar-refractivity contribution in [3.8, 4) is 11.4 Å². The van der Waals surface area contributed by atoms with Crippen LogP contribution in [0.25, 0.3) is 11.4 Å². The summed E-state index contributed by atoms with van der Waals surface area (Å²) < 4.78 is 40.3. The fourth-order valence-electron chi connectivity index (χ4n) is 1.98. The third-order valence-corrected chi connectivity index (χ3v) is 3.29. The van der Waals surface area contributed by atoms with Crippen LogP contribution in [0, 0.1) is 6.92 Å². The second-order valence-corrected chi connectivity index (χ2v) is 5.35. The maximum absolute atomic E-state index is 13.0. The fourth-order valence-corrected chi connectivity index (χ4v) is 2.08. The highest BCUT2D eigenvalue weighted by Gasteiger charge is 2.35. The number of hydrogen-bond donors (Lipinski definition) is 0. The number of alkyl halides is 3. The van der Waals surface area contributed by atoms with Crippen molar-refractivity contribution in [2.24, 2.45) is 0 Å². The first-order valence-corrected chi connectivity index (χ1v) is 7.10. The van der Waals surface area contributed by atoms with E-state index >= 15 is 0 Å². The molecule has 0 amide bonds. The van der Waals surface area contributed by atoms with E-state index in [1.54, 1.807) is 6.92 Å². The minimum Gasteiger partial charge on any atom is -0.323 e. The second kappa shape index (κ2) is 6.16. The predicted octanol–water partition coefficient (Wildman–Crippen LogP) is 3.16. The van der Waals surface area contributed by atoms with Gasteiger partial charge in [-0.1, -0.05) is 11.6 Å². The molecule has 3 aromatic heterocycles. The molecule has 124 valence electrons. The summed E-state index contributed by atoms with van der Waals surface area (Å²) in [5.74, 6) is 0.898. The Balaban J connectivity index is 2.04. The Bertz CT molecular complexity index is 842. The number of halogens is 4. The van der Waals surface area contributed by atoms with E-state index in [-0.39, 0.29) is 12.4 Å². The standard InChI is InChI=1S/C14H10ClF3N6/c1-8-19-2-9(3-20-8)13-23-11(14(16,17)18)6-24(13)7-12-21-4-10(15)5-22-12/h2-6H,7H2,1H3. The van der Waals surface area contributed by atoms with Gasteiger partial charge in [-0.2, -0.15) is 13.2 Å². The van der Waals surface area contributed by atoms with Crippen molar-refractivity contribution in [2.75, 3.05) is 0 Å². The predicted molar refractivity (Wildman–Crippen MR) is 79.1 cm³/mol. The number of nitrogens with zero attached hydrogens (tertiary/aromatic N) is 6. The highest BCUT2D eigenvalue weighted by molar-refractivity contribution is 6.30. The lowest BCUT2D eigenvalue weighted by molar-refractivity contribution is -0.140. The molecular formula is C14H10ClF3N6. The average molecular weight is 355 g/mol. The average Bonchev–Trinajstić information content (AvgIpc) is 2.94. The number of rotatable bonds is 3. The lowest BCUT2D eigenvalue weighted by atomic mass is 10.3. The zero-order chi connectivity index (χ0) is 17.3. The van der Waals surface area contributed by atoms with E-state index < -0.39 is 11.9 Å². The molecule has 24 heavy (non-hydrogen) atoms. The zero-order valence-electron chi connectivity index (χ0n) is 12.3. The van der Waals surface area contributed by atoms with E-state index in [0.717, 1.165) is 6.20 Å². The van der Waals surface area contributed by atoms with Crippen LogP contribution in [0.4, 0.5) is 13.2 Å². The van der Waals surface area contributed by atoms with E-state index in [9.17, 15) is 13.2 Å². The first-order valence-electron chi connectivity index (χ1n) is 6.73. The Morgan fingerprint density at radius 1 is 1.04 bits per heavy atom. The van der Waals surface area contributed by atoms with Crippen LogP contribution < -0.4 is 0 Å². The number of hydrogen-bond acceptors (Lipinski definition) is 5. The van der Waals surface area contributed by atoms with Gasteiger partial charge in [0.1, 0.15) is 17.5 Å². The Morgan fingerprint density at radius 3 is 2.25 bits per heavy atom. The summed E-state index contributed by atoms with van der Waals surface area (Å²) in [4.78, 5) is 19.6. The van der Waals surface area contributed by atoms with Gasteiger partial charge in [0.15, 0.2) is 5.69 Å². The van der Waals surface area contributed by atoms with Crippen LogP contribution in [0.2, 0.25) is 5.02 Å². The zero-order valence-corrected chi connectivity index (χ0v) is 13.0. The molecular weight excluding hydrogens is 345 g/mol. The quantitative estimate of drug-likeness (QED) is 0.722. The molecule has 0 saturated carbocycles. The van der Waals surface area contributed by atoms with E-state index in [1.807, 2.05) is 0 Å². The van der Waals surface area contributed by atoms with Gasteiger partial charge in [-0.3, -0.25) is 0 Å². The largest absolute Gasteiger partial charge is 0.434 e. The molecule has 0 atom stereocenters. The Labute approximate surface area is 139 Å². The molecule has 0 aliphatic carbocycles. The van der Waals surface area contributed by atoms with Crippen molar-refractivity contribution < 1.29 is 13.2 Å². The van der Waals surface area contributed by atoms with Crippen LogP contribution in [0.3, 0.4) is 0 Å². The van der Waals surface area contributed by atoms with Crippen LogP contribution in [0.1, 0.15) is 17.3 Å². The lowest BCUT2D eigenvalue weighted by Crippen LogP contribution is -2.06. The number of aryl methyl sites for hydroxylation is 1. The topological polar surface area (TPSA) is 69.4 Å². The van der Waals surface area contributed by atoms with E-state index in [0.29, 0.717) is 22.2 Å². The molecule has 10 heteroatoms. The number of imidazole rings is 1. The molecule has 0 aliphatic heterocycles. The van der Waals surface area contributed by atoms with Crippen molar-refractivity contribution in [2.45, 2.75) is 19.6 Å². The molecule has 0 aliphatic rings. The SMILES string of the molecule is Cc1ncc(-c2nc(C(F)(F)F)cn2Cc2ncc(Cl)cn2)cn1. The molecule has 0 aromatic carbocycles. The molecule has 0 fully saturated rings. The lowest BCUT2D eigenvalue weighted by Gasteiger charge is -2.06. The minimum atomic E-state index is -4.56. The maximum Gasteiger partial charge on any atom is 0.434 e. The van der Waals surface area contributed by atoms with Crippen molar-refractivity contribution >= 4 is 11.6 Å². The van der Waals surface area contributed by atoms with Gasteiger partial charge in [0.2, 0.25) is 0 Å². The molecule has 0 spiro atoms. The van der Waals surface area contributed by atoms with Gasteiger partial charge >= 0.3 is 6.18 Å². The van der Waals surface area contributed by atoms with Crippen LogP contribution in [-0.4, -0.2) is 29.5 Å². The smallest absolute Gasteiger partial charge is 0.323 e. The highest BCUT2D eigenvalue weighted by Crippen LogP contribution is 2.31. The van der Waals surface area contributed by atoms with E-state index in [2.05, 4.69) is 24.9 Å². The first-order chi connectivity index (χ1) is 11.3. The summed E-state index contributed by atoms with van der Waals surface area (Å²) in [5, 5.41) is 0.340. The molecule has 3 aromatic rings. The molecule has 0 saturated heterocycles. The van der Waals surface area contributed by atoms with Crippen LogP contribution in [0.5, 0.6) is 0 Å². The Morgan fingerprint density at radius 2 is 1.67 bits per heavy atom. The van der Waals surface area contributed by atoms with Crippen LogP contribution >= 0.6 is 11.6 Å². The van der Waals surface area contributed by atoms with Gasteiger partial charge in [0, 0.05) is 31.0 Å². The van der Waals surface area contributed by atoms with Crippen molar-refractivity contribution in [1.82, 2.24) is 29.5 Å². The van der Waals surface area contributed by atoms with Crippen LogP contribution in [-0.2, 0) is 12.7 Å². The Kier molecular flexibility index (Phi) is 4.18. The molecule has 0 unspecified atom stereocenters. The molecule has 0 radical (unpaired) electrons. The van der Waals surface area contributed by atoms with Gasteiger partial charge in [0.25, 0.3) is 0 Å². The minimum absolute atomic E-state index is 0.00343. The summed E-state index contributed by atoms with van der Waals surface area (Å²) in [5.41, 5.74) is -0.642. The highest BCUT2D eigenvalue weighted by atomic mass is 35.5. The van der Waals surface area contributed by atoms with Gasteiger partial charge < -0.3 is 4.57 Å². The summed E-state index contributed by atoms with van der Waals surface area (Å²) in [6.07, 6.45) is 1.94. The van der Waals surface area contributed by atoms with Gasteiger partial charge in [-0.25, -0.2) is 24.9 Å². The molecule has 0 bridgehead atoms. The van der Waals surface area contributed by atoms with Gasteiger partial charge in [0.05, 0.1) is 17.1 Å². The van der Waals surface area contributed by atoms with E-state index in [4.69, 9.17) is 11.6 Å². The van der Waals surface area contributed by atoms with Crippen molar-refractivity contribution in [3.63, 3.8) is 0 Å². The number of aromatic nitrogens is 6. The van der Waals surface area contributed by atoms with Gasteiger partial charge in [-0.05, 0) is 6.92 Å². The van der Waals surface area contributed by atoms with Crippen molar-refractivity contribution in [1.29, 1.82) is 0 Å². The third kappa shape index (κ3) is 3.51. The third-order valence-electron chi connectivity index (χ3n) is 3.09. The molecule has 0 N–H and O–H groups in total. The summed E-state index contributed by atoms with van der Waals surface area (Å²) in [7, 11) is 0. The monoisotopic (exact) mass is 354 g/mol. The molecule has 3 heterocycles. The fraction of sp³-hybridized carbons (Fsp3) is 0.214. The summed E-state index contributed by atoms with van der Waals surface area (Å²) in [6.45, 7) is 1.68. The molecule has 6 nitrogen and oxygen atoms in total.